The Morgan fingerprint density at radius 3 is 2.59 bits per heavy atom. The summed E-state index contributed by atoms with van der Waals surface area (Å²) in [7, 11) is 0. The molecule has 0 unspecified atom stereocenters. The predicted molar refractivity (Wildman–Crippen MR) is 150 cm³/mol. The van der Waals surface area contributed by atoms with Crippen molar-refractivity contribution in [2.45, 2.75) is 39.3 Å². The molecule has 3 aromatic heterocycles. The van der Waals surface area contributed by atoms with Gasteiger partial charge in [0.1, 0.15) is 28.5 Å². The van der Waals surface area contributed by atoms with Gasteiger partial charge in [-0.25, -0.2) is 9.37 Å². The second-order valence-electron chi connectivity index (χ2n) is 9.45. The number of nitrogens with zero attached hydrogens (tertiary/aromatic N) is 3. The molecule has 1 atom stereocenters. The van der Waals surface area contributed by atoms with Crippen LogP contribution in [0, 0.1) is 12.7 Å². The van der Waals surface area contributed by atoms with E-state index >= 15 is 0 Å². The van der Waals surface area contributed by atoms with Crippen molar-refractivity contribution in [2.24, 2.45) is 5.73 Å². The van der Waals surface area contributed by atoms with E-state index in [1.807, 2.05) is 26.0 Å². The largest absolute Gasteiger partial charge is 0.452 e. The van der Waals surface area contributed by atoms with Crippen molar-refractivity contribution >= 4 is 43.9 Å². The number of furan rings is 2. The second-order valence-corrected chi connectivity index (χ2v) is 10.2. The lowest BCUT2D eigenvalue weighted by atomic mass is 10.1. The SMILES string of the molecule is CCC[C@H](c1nc2c(oc3ccc(F)cc32)c(=O)n1Cc1ccc(Br)o1)N(CCN)C(=O)c1ccc(C)cc1. The Kier molecular flexibility index (Phi) is 7.67. The van der Waals surface area contributed by atoms with Gasteiger partial charge >= 0.3 is 0 Å². The summed E-state index contributed by atoms with van der Waals surface area (Å²) in [5, 5.41) is 0.390. The standard InChI is InChI=1S/C29H28BrFN4O4/c1-3-4-22(34(14-13-32)28(36)18-7-5-17(2)6-8-18)27-33-25-21-15-19(31)9-11-23(21)39-26(25)29(37)35(27)16-20-10-12-24(30)38-20/h5-12,15,22H,3-4,13-14,16,32H2,1-2H3/t22-/m1/s1. The zero-order valence-corrected chi connectivity index (χ0v) is 23.2. The van der Waals surface area contributed by atoms with E-state index in [0.29, 0.717) is 45.6 Å². The Morgan fingerprint density at radius 2 is 1.92 bits per heavy atom. The minimum absolute atomic E-state index is 0.00968. The molecule has 0 fully saturated rings. The number of carbonyl (C=O) groups is 1. The van der Waals surface area contributed by atoms with Crippen molar-refractivity contribution < 1.29 is 18.0 Å². The Morgan fingerprint density at radius 1 is 1.15 bits per heavy atom. The van der Waals surface area contributed by atoms with Gasteiger partial charge in [-0.2, -0.15) is 0 Å². The molecule has 2 aromatic carbocycles. The van der Waals surface area contributed by atoms with Gasteiger partial charge in [0.25, 0.3) is 11.5 Å². The molecule has 0 aliphatic heterocycles. The molecule has 5 rings (SSSR count). The summed E-state index contributed by atoms with van der Waals surface area (Å²) in [6, 6.07) is 14.3. The molecule has 0 bridgehead atoms. The molecule has 8 nitrogen and oxygen atoms in total. The van der Waals surface area contributed by atoms with Gasteiger partial charge in [0.05, 0.1) is 12.6 Å². The van der Waals surface area contributed by atoms with Gasteiger partial charge in [-0.1, -0.05) is 31.0 Å². The van der Waals surface area contributed by atoms with Gasteiger partial charge < -0.3 is 19.5 Å². The third kappa shape index (κ3) is 5.26. The highest BCUT2D eigenvalue weighted by Gasteiger charge is 2.31. The van der Waals surface area contributed by atoms with Gasteiger partial charge in [-0.3, -0.25) is 14.2 Å². The Labute approximate surface area is 232 Å². The van der Waals surface area contributed by atoms with Crippen LogP contribution in [0.25, 0.3) is 22.1 Å². The lowest BCUT2D eigenvalue weighted by Gasteiger charge is -2.32. The van der Waals surface area contributed by atoms with Crippen molar-refractivity contribution in [3.8, 4) is 0 Å². The third-order valence-electron chi connectivity index (χ3n) is 6.67. The highest BCUT2D eigenvalue weighted by molar-refractivity contribution is 9.10. The number of hydrogen-bond acceptors (Lipinski definition) is 6. The molecule has 39 heavy (non-hydrogen) atoms. The van der Waals surface area contributed by atoms with Gasteiger partial charge in [-0.05, 0) is 71.7 Å². The summed E-state index contributed by atoms with van der Waals surface area (Å²) in [5.41, 5.74) is 7.68. The van der Waals surface area contributed by atoms with E-state index < -0.39 is 17.4 Å². The van der Waals surface area contributed by atoms with Crippen LogP contribution in [0.2, 0.25) is 0 Å². The van der Waals surface area contributed by atoms with Gasteiger partial charge in [-0.15, -0.1) is 0 Å². The number of rotatable bonds is 9. The van der Waals surface area contributed by atoms with E-state index in [1.165, 1.54) is 22.8 Å². The molecular formula is C29H28BrFN4O4. The number of halogens is 2. The summed E-state index contributed by atoms with van der Waals surface area (Å²) >= 11 is 3.31. The first-order valence-corrected chi connectivity index (χ1v) is 13.5. The van der Waals surface area contributed by atoms with Gasteiger partial charge in [0.2, 0.25) is 5.58 Å². The summed E-state index contributed by atoms with van der Waals surface area (Å²) in [6.45, 7) is 4.48. The molecule has 202 valence electrons. The Bertz CT molecular complexity index is 1710. The van der Waals surface area contributed by atoms with Crippen LogP contribution in [0.5, 0.6) is 0 Å². The first kappa shape index (κ1) is 26.8. The number of aryl methyl sites for hydroxylation is 1. The molecule has 10 heteroatoms. The highest BCUT2D eigenvalue weighted by Crippen LogP contribution is 2.31. The number of aromatic nitrogens is 2. The minimum atomic E-state index is -0.596. The van der Waals surface area contributed by atoms with Crippen molar-refractivity contribution in [3.05, 3.63) is 98.1 Å². The summed E-state index contributed by atoms with van der Waals surface area (Å²) in [6.07, 6.45) is 1.22. The van der Waals surface area contributed by atoms with Crippen LogP contribution in [0.1, 0.15) is 53.3 Å². The van der Waals surface area contributed by atoms with Crippen molar-refractivity contribution in [3.63, 3.8) is 0 Å². The fourth-order valence-electron chi connectivity index (χ4n) is 4.81. The van der Waals surface area contributed by atoms with Gasteiger partial charge in [0, 0.05) is 24.0 Å². The Hall–Kier alpha value is -3.76. The Balaban J connectivity index is 1.74. The normalized spacial score (nSPS) is 12.3. The number of hydrogen-bond donors (Lipinski definition) is 1. The van der Waals surface area contributed by atoms with Crippen molar-refractivity contribution in [1.29, 1.82) is 0 Å². The van der Waals surface area contributed by atoms with Crippen LogP contribution in [0.4, 0.5) is 4.39 Å². The van der Waals surface area contributed by atoms with E-state index in [4.69, 9.17) is 19.6 Å². The van der Waals surface area contributed by atoms with E-state index in [-0.39, 0.29) is 36.6 Å². The highest BCUT2D eigenvalue weighted by atomic mass is 79.9. The second kappa shape index (κ2) is 11.2. The number of fused-ring (bicyclic) bond motifs is 3. The molecule has 0 spiro atoms. The van der Waals surface area contributed by atoms with Crippen LogP contribution in [-0.2, 0) is 6.54 Å². The molecule has 5 aromatic rings. The van der Waals surface area contributed by atoms with Crippen LogP contribution in [0.15, 0.2) is 72.9 Å². The first-order chi connectivity index (χ1) is 18.8. The maximum atomic E-state index is 14.2. The molecule has 0 saturated heterocycles. The summed E-state index contributed by atoms with van der Waals surface area (Å²) < 4.78 is 27.8. The zero-order chi connectivity index (χ0) is 27.7. The lowest BCUT2D eigenvalue weighted by molar-refractivity contribution is 0.0658. The van der Waals surface area contributed by atoms with Gasteiger partial charge in [0.15, 0.2) is 4.67 Å². The molecule has 0 aliphatic rings. The maximum absolute atomic E-state index is 14.2. The van der Waals surface area contributed by atoms with Crippen molar-refractivity contribution in [1.82, 2.24) is 14.5 Å². The predicted octanol–water partition coefficient (Wildman–Crippen LogP) is 5.94. The smallest absolute Gasteiger partial charge is 0.297 e. The third-order valence-corrected chi connectivity index (χ3v) is 7.10. The summed E-state index contributed by atoms with van der Waals surface area (Å²) in [5.74, 6) is 0.174. The van der Waals surface area contributed by atoms with Crippen LogP contribution < -0.4 is 11.3 Å². The summed E-state index contributed by atoms with van der Waals surface area (Å²) in [4.78, 5) is 34.3. The van der Waals surface area contributed by atoms with Crippen LogP contribution in [-0.4, -0.2) is 33.4 Å². The average molecular weight is 595 g/mol. The number of nitrogens with two attached hydrogens (primary N) is 1. The van der Waals surface area contributed by atoms with Crippen molar-refractivity contribution in [2.75, 3.05) is 13.1 Å². The molecule has 1 amide bonds. The lowest BCUT2D eigenvalue weighted by Crippen LogP contribution is -2.41. The van der Waals surface area contributed by atoms with E-state index in [0.717, 1.165) is 5.56 Å². The fraction of sp³-hybridized carbons (Fsp3) is 0.276. The molecule has 0 saturated carbocycles. The fourth-order valence-corrected chi connectivity index (χ4v) is 5.15. The van der Waals surface area contributed by atoms with Crippen LogP contribution >= 0.6 is 15.9 Å². The van der Waals surface area contributed by atoms with E-state index in [9.17, 15) is 14.0 Å². The molecule has 3 heterocycles. The minimum Gasteiger partial charge on any atom is -0.452 e. The quantitative estimate of drug-likeness (QED) is 0.226. The number of carbonyl (C=O) groups excluding carboxylic acids is 1. The average Bonchev–Trinajstić information content (AvgIpc) is 3.50. The molecule has 2 N–H and O–H groups in total. The number of amides is 1. The monoisotopic (exact) mass is 594 g/mol. The van der Waals surface area contributed by atoms with E-state index in [1.54, 1.807) is 29.2 Å². The molecular weight excluding hydrogens is 567 g/mol. The molecule has 0 radical (unpaired) electrons. The molecule has 0 aliphatic carbocycles. The zero-order valence-electron chi connectivity index (χ0n) is 21.6. The maximum Gasteiger partial charge on any atom is 0.297 e. The van der Waals surface area contributed by atoms with E-state index in [2.05, 4.69) is 15.9 Å². The van der Waals surface area contributed by atoms with Crippen LogP contribution in [0.3, 0.4) is 0 Å². The number of benzene rings is 2. The first-order valence-electron chi connectivity index (χ1n) is 12.7. The topological polar surface area (TPSA) is 108 Å².